The van der Waals surface area contributed by atoms with Crippen LogP contribution in [-0.4, -0.2) is 34.6 Å². The van der Waals surface area contributed by atoms with E-state index in [1.54, 1.807) is 18.3 Å². The van der Waals surface area contributed by atoms with Gasteiger partial charge in [-0.1, -0.05) is 12.1 Å². The normalized spacial score (nSPS) is 18.0. The molecule has 2 aromatic heterocycles. The highest BCUT2D eigenvalue weighted by molar-refractivity contribution is 8.00. The van der Waals surface area contributed by atoms with Crippen LogP contribution in [0.1, 0.15) is 5.69 Å². The number of benzene rings is 1. The van der Waals surface area contributed by atoms with Gasteiger partial charge in [0.2, 0.25) is 0 Å². The Morgan fingerprint density at radius 2 is 2.04 bits per heavy atom. The molecule has 0 radical (unpaired) electrons. The van der Waals surface area contributed by atoms with E-state index in [9.17, 15) is 0 Å². The third-order valence-electron chi connectivity index (χ3n) is 5.31. The zero-order valence-corrected chi connectivity index (χ0v) is 15.1. The fraction of sp³-hybridized carbons (Fsp3) is 0.300. The molecule has 0 saturated carbocycles. The second kappa shape index (κ2) is 5.93. The van der Waals surface area contributed by atoms with Gasteiger partial charge in [-0.25, -0.2) is 9.37 Å². The highest BCUT2D eigenvalue weighted by Gasteiger charge is 2.48. The topological polar surface area (TPSA) is 55.0 Å². The van der Waals surface area contributed by atoms with Crippen molar-refractivity contribution < 1.29 is 4.39 Å². The molecule has 132 valence electrons. The summed E-state index contributed by atoms with van der Waals surface area (Å²) in [6.07, 6.45) is 1.67. The Hall–Kier alpha value is -2.18. The van der Waals surface area contributed by atoms with Crippen LogP contribution in [0.3, 0.4) is 0 Å². The molecule has 1 spiro atoms. The number of halogens is 1. The summed E-state index contributed by atoms with van der Waals surface area (Å²) in [5.74, 6) is 3.17. The molecule has 26 heavy (non-hydrogen) atoms. The second-order valence-electron chi connectivity index (χ2n) is 7.26. The Morgan fingerprint density at radius 1 is 1.19 bits per heavy atom. The van der Waals surface area contributed by atoms with E-state index in [-0.39, 0.29) is 5.82 Å². The van der Waals surface area contributed by atoms with Crippen molar-refractivity contribution >= 4 is 28.4 Å². The fourth-order valence-electron chi connectivity index (χ4n) is 3.78. The molecule has 3 aromatic rings. The molecule has 0 unspecified atom stereocenters. The average molecular weight is 366 g/mol. The molecule has 2 aliphatic rings. The van der Waals surface area contributed by atoms with Gasteiger partial charge in [-0.05, 0) is 24.3 Å². The zero-order chi connectivity index (χ0) is 17.7. The van der Waals surface area contributed by atoms with Crippen LogP contribution in [0, 0.1) is 11.2 Å². The zero-order valence-electron chi connectivity index (χ0n) is 14.3. The number of rotatable bonds is 3. The molecule has 0 atom stereocenters. The monoisotopic (exact) mass is 366 g/mol. The standard InChI is InChI=1S/C20H19FN4S/c21-19-15(5-4-13-8-23-14(7-22)6-16(13)19)17-2-1-3-18(24-17)25-9-20(10-25)11-26-12-20/h1-6,8H,7,9-12,22H2. The Kier molecular flexibility index (Phi) is 3.65. The van der Waals surface area contributed by atoms with Crippen LogP contribution < -0.4 is 10.6 Å². The van der Waals surface area contributed by atoms with Crippen molar-refractivity contribution in [1.29, 1.82) is 0 Å². The largest absolute Gasteiger partial charge is 0.355 e. The lowest BCUT2D eigenvalue weighted by molar-refractivity contribution is 0.271. The maximum atomic E-state index is 15.2. The number of nitrogens with two attached hydrogens (primary N) is 1. The number of hydrogen-bond acceptors (Lipinski definition) is 5. The lowest BCUT2D eigenvalue weighted by Gasteiger charge is -2.55. The number of fused-ring (bicyclic) bond motifs is 1. The van der Waals surface area contributed by atoms with Gasteiger partial charge in [0.1, 0.15) is 11.6 Å². The molecule has 1 aromatic carbocycles. The molecule has 2 fully saturated rings. The van der Waals surface area contributed by atoms with Crippen molar-refractivity contribution in [2.45, 2.75) is 6.54 Å². The van der Waals surface area contributed by atoms with E-state index in [0.29, 0.717) is 34.3 Å². The van der Waals surface area contributed by atoms with Crippen molar-refractivity contribution in [2.24, 2.45) is 11.1 Å². The Morgan fingerprint density at radius 3 is 2.77 bits per heavy atom. The summed E-state index contributed by atoms with van der Waals surface area (Å²) in [6, 6.07) is 11.2. The van der Waals surface area contributed by atoms with Crippen molar-refractivity contribution in [3.63, 3.8) is 0 Å². The number of anilines is 1. The van der Waals surface area contributed by atoms with Gasteiger partial charge in [0.15, 0.2) is 0 Å². The molecule has 0 bridgehead atoms. The first kappa shape index (κ1) is 16.0. The first-order chi connectivity index (χ1) is 12.7. The SMILES string of the molecule is NCc1cc2c(F)c(-c3cccc(N4CC5(CSC5)C4)n3)ccc2cn1. The van der Waals surface area contributed by atoms with Crippen molar-refractivity contribution in [1.82, 2.24) is 9.97 Å². The van der Waals surface area contributed by atoms with Gasteiger partial charge < -0.3 is 10.6 Å². The predicted molar refractivity (Wildman–Crippen MR) is 105 cm³/mol. The maximum Gasteiger partial charge on any atom is 0.140 e. The van der Waals surface area contributed by atoms with Crippen LogP contribution in [0.4, 0.5) is 10.2 Å². The number of aromatic nitrogens is 2. The van der Waals surface area contributed by atoms with Crippen LogP contribution in [-0.2, 0) is 6.54 Å². The van der Waals surface area contributed by atoms with Gasteiger partial charge in [-0.3, -0.25) is 4.98 Å². The molecule has 2 aliphatic heterocycles. The first-order valence-electron chi connectivity index (χ1n) is 8.75. The Labute approximate surface area is 155 Å². The third-order valence-corrected chi connectivity index (χ3v) is 6.94. The molecule has 2 N–H and O–H groups in total. The first-order valence-corrected chi connectivity index (χ1v) is 9.90. The summed E-state index contributed by atoms with van der Waals surface area (Å²) >= 11 is 2.01. The van der Waals surface area contributed by atoms with E-state index in [1.165, 1.54) is 11.5 Å². The van der Waals surface area contributed by atoms with Crippen molar-refractivity contribution in [2.75, 3.05) is 29.5 Å². The smallest absolute Gasteiger partial charge is 0.140 e. The molecule has 0 amide bonds. The van der Waals surface area contributed by atoms with Crippen LogP contribution in [0.15, 0.2) is 42.6 Å². The highest BCUT2D eigenvalue weighted by atomic mass is 32.2. The Balaban J connectivity index is 1.51. The molecular formula is C20H19FN4S. The van der Waals surface area contributed by atoms with E-state index in [4.69, 9.17) is 10.7 Å². The van der Waals surface area contributed by atoms with E-state index in [2.05, 4.69) is 9.88 Å². The van der Waals surface area contributed by atoms with Gasteiger partial charge in [0.25, 0.3) is 0 Å². The minimum Gasteiger partial charge on any atom is -0.355 e. The molecule has 4 heterocycles. The van der Waals surface area contributed by atoms with Crippen LogP contribution in [0.2, 0.25) is 0 Å². The second-order valence-corrected chi connectivity index (χ2v) is 8.24. The van der Waals surface area contributed by atoms with Crippen LogP contribution in [0.25, 0.3) is 22.0 Å². The molecule has 4 nitrogen and oxygen atoms in total. The Bertz CT molecular complexity index is 994. The molecule has 6 heteroatoms. The molecular weight excluding hydrogens is 347 g/mol. The lowest BCUT2D eigenvalue weighted by Crippen LogP contribution is -2.63. The van der Waals surface area contributed by atoms with E-state index < -0.39 is 0 Å². The quantitative estimate of drug-likeness (QED) is 0.769. The third kappa shape index (κ3) is 2.47. The van der Waals surface area contributed by atoms with Gasteiger partial charge in [0, 0.05) is 59.1 Å². The summed E-state index contributed by atoms with van der Waals surface area (Å²) in [6.45, 7) is 2.41. The minimum absolute atomic E-state index is 0.264. The number of nitrogens with zero attached hydrogens (tertiary/aromatic N) is 3. The number of pyridine rings is 2. The highest BCUT2D eigenvalue weighted by Crippen LogP contribution is 2.46. The van der Waals surface area contributed by atoms with Crippen molar-refractivity contribution in [3.05, 3.63) is 54.1 Å². The van der Waals surface area contributed by atoms with E-state index in [0.717, 1.165) is 24.3 Å². The van der Waals surface area contributed by atoms with Gasteiger partial charge in [0.05, 0.1) is 11.4 Å². The van der Waals surface area contributed by atoms with Gasteiger partial charge in [-0.2, -0.15) is 11.8 Å². The lowest BCUT2D eigenvalue weighted by atomic mass is 9.83. The summed E-state index contributed by atoms with van der Waals surface area (Å²) in [4.78, 5) is 11.3. The molecule has 5 rings (SSSR count). The minimum atomic E-state index is -0.264. The van der Waals surface area contributed by atoms with Gasteiger partial charge in [-0.15, -0.1) is 0 Å². The summed E-state index contributed by atoms with van der Waals surface area (Å²) < 4.78 is 15.2. The maximum absolute atomic E-state index is 15.2. The van der Waals surface area contributed by atoms with E-state index in [1.807, 2.05) is 36.0 Å². The number of hydrogen-bond donors (Lipinski definition) is 1. The summed E-state index contributed by atoms with van der Waals surface area (Å²) in [7, 11) is 0. The van der Waals surface area contributed by atoms with E-state index >= 15 is 4.39 Å². The van der Waals surface area contributed by atoms with Crippen molar-refractivity contribution in [3.8, 4) is 11.3 Å². The van der Waals surface area contributed by atoms with Crippen LogP contribution in [0.5, 0.6) is 0 Å². The van der Waals surface area contributed by atoms with Gasteiger partial charge >= 0.3 is 0 Å². The number of thioether (sulfide) groups is 1. The molecule has 2 saturated heterocycles. The average Bonchev–Trinajstić information content (AvgIpc) is 2.60. The molecule has 0 aliphatic carbocycles. The predicted octanol–water partition coefficient (Wildman–Crippen LogP) is 3.45. The summed E-state index contributed by atoms with van der Waals surface area (Å²) in [5, 5.41) is 1.31. The summed E-state index contributed by atoms with van der Waals surface area (Å²) in [5.41, 5.74) is 8.01. The fourth-order valence-corrected chi connectivity index (χ4v) is 4.93. The van der Waals surface area contributed by atoms with Crippen LogP contribution >= 0.6 is 11.8 Å².